The van der Waals surface area contributed by atoms with Gasteiger partial charge >= 0.3 is 0 Å². The molecule has 0 spiro atoms. The van der Waals surface area contributed by atoms with Crippen molar-refractivity contribution in [1.29, 1.82) is 0 Å². The molecule has 1 aliphatic rings. The first-order valence-corrected chi connectivity index (χ1v) is 16.1. The van der Waals surface area contributed by atoms with Crippen LogP contribution in [0.1, 0.15) is 58.1 Å². The summed E-state index contributed by atoms with van der Waals surface area (Å²) < 4.78 is 0. The van der Waals surface area contributed by atoms with Gasteiger partial charge in [0.1, 0.15) is 18.4 Å². The van der Waals surface area contributed by atoms with Crippen LogP contribution in [0.5, 0.6) is 0 Å². The highest BCUT2D eigenvalue weighted by Crippen LogP contribution is 2.35. The number of rotatable bonds is 14. The van der Waals surface area contributed by atoms with Gasteiger partial charge in [0.05, 0.1) is 12.5 Å². The molecule has 0 aromatic heterocycles. The lowest BCUT2D eigenvalue weighted by atomic mass is 9.70. The summed E-state index contributed by atoms with van der Waals surface area (Å²) in [7, 11) is 0. The number of benzene rings is 3. The monoisotopic (exact) mass is 626 g/mol. The van der Waals surface area contributed by atoms with Gasteiger partial charge in [0.25, 0.3) is 0 Å². The maximum Gasteiger partial charge on any atom is 0.243 e. The van der Waals surface area contributed by atoms with Gasteiger partial charge in [0.15, 0.2) is 0 Å². The van der Waals surface area contributed by atoms with E-state index in [1.807, 2.05) is 86.6 Å². The summed E-state index contributed by atoms with van der Waals surface area (Å²) in [4.78, 5) is 65.9. The van der Waals surface area contributed by atoms with Crippen LogP contribution in [0.4, 0.5) is 0 Å². The van der Waals surface area contributed by atoms with Gasteiger partial charge in [-0.3, -0.25) is 19.2 Å². The molecule has 4 N–H and O–H groups in total. The third-order valence-electron chi connectivity index (χ3n) is 8.92. The van der Waals surface area contributed by atoms with Crippen molar-refractivity contribution in [3.05, 3.63) is 83.9 Å². The highest BCUT2D eigenvalue weighted by atomic mass is 16.2. The lowest BCUT2D eigenvalue weighted by Gasteiger charge is -2.40. The van der Waals surface area contributed by atoms with Crippen LogP contribution < -0.4 is 21.3 Å². The van der Waals surface area contributed by atoms with E-state index in [-0.39, 0.29) is 30.6 Å². The van der Waals surface area contributed by atoms with Crippen molar-refractivity contribution in [2.75, 3.05) is 6.54 Å². The number of hydrogen-bond donors (Lipinski definition) is 4. The molecule has 1 fully saturated rings. The summed E-state index contributed by atoms with van der Waals surface area (Å²) in [6.07, 6.45) is 2.70. The molecule has 0 aliphatic carbocycles. The lowest BCUT2D eigenvalue weighted by molar-refractivity contribution is -0.136. The molecule has 4 rings (SSSR count). The third-order valence-corrected chi connectivity index (χ3v) is 8.92. The fourth-order valence-corrected chi connectivity index (χ4v) is 6.25. The molecule has 244 valence electrons. The van der Waals surface area contributed by atoms with Crippen LogP contribution in [0, 0.1) is 17.3 Å². The van der Waals surface area contributed by atoms with E-state index in [9.17, 15) is 24.0 Å². The number of carbonyl (C=O) groups is 5. The Bertz CT molecular complexity index is 1530. The highest BCUT2D eigenvalue weighted by molar-refractivity contribution is 5.94. The Morgan fingerprint density at radius 2 is 1.57 bits per heavy atom. The Hall–Kier alpha value is -4.53. The minimum absolute atomic E-state index is 0.0343. The molecule has 0 unspecified atom stereocenters. The van der Waals surface area contributed by atoms with Gasteiger partial charge < -0.3 is 26.1 Å². The van der Waals surface area contributed by atoms with Gasteiger partial charge in [0.2, 0.25) is 23.6 Å². The minimum Gasteiger partial charge on any atom is -0.356 e. The summed E-state index contributed by atoms with van der Waals surface area (Å²) in [6, 6.07) is 20.1. The molecule has 1 saturated heterocycles. The van der Waals surface area contributed by atoms with E-state index < -0.39 is 41.3 Å². The lowest BCUT2D eigenvalue weighted by Crippen LogP contribution is -2.59. The molecular formula is C37H46N4O5. The number of piperidine rings is 1. The molecular weight excluding hydrogens is 580 g/mol. The highest BCUT2D eigenvalue weighted by Gasteiger charge is 2.43. The van der Waals surface area contributed by atoms with E-state index in [0.29, 0.717) is 25.7 Å². The van der Waals surface area contributed by atoms with Crippen molar-refractivity contribution in [3.63, 3.8) is 0 Å². The van der Waals surface area contributed by atoms with Gasteiger partial charge in [-0.2, -0.15) is 0 Å². The summed E-state index contributed by atoms with van der Waals surface area (Å²) >= 11 is 0. The Morgan fingerprint density at radius 1 is 0.891 bits per heavy atom. The fraction of sp³-hybridized carbons (Fsp3) is 0.432. The normalized spacial score (nSPS) is 17.0. The zero-order chi connectivity index (χ0) is 33.3. The molecule has 1 aliphatic heterocycles. The number of hydrogen-bond acceptors (Lipinski definition) is 5. The van der Waals surface area contributed by atoms with Crippen molar-refractivity contribution < 1.29 is 24.0 Å². The van der Waals surface area contributed by atoms with E-state index in [0.717, 1.165) is 28.3 Å². The molecule has 3 aromatic rings. The second-order valence-corrected chi connectivity index (χ2v) is 13.2. The smallest absolute Gasteiger partial charge is 0.243 e. The summed E-state index contributed by atoms with van der Waals surface area (Å²) in [6.45, 7) is 8.08. The van der Waals surface area contributed by atoms with Crippen LogP contribution in [0.25, 0.3) is 10.8 Å². The molecule has 0 saturated carbocycles. The van der Waals surface area contributed by atoms with E-state index in [4.69, 9.17) is 0 Å². The third kappa shape index (κ3) is 8.80. The first-order chi connectivity index (χ1) is 22.0. The average molecular weight is 627 g/mol. The second-order valence-electron chi connectivity index (χ2n) is 13.2. The summed E-state index contributed by atoms with van der Waals surface area (Å²) in [5, 5.41) is 13.5. The SMILES string of the molecule is CC(C)C[C@H](NC(=O)[C@H](Cc1cccc2ccccc12)NC(=O)Cc1ccccc1)C(=O)N[C@H](C=O)C(C)(C)[C@@H]1CCCNC1=O. The van der Waals surface area contributed by atoms with Crippen molar-refractivity contribution in [2.24, 2.45) is 17.3 Å². The number of nitrogens with one attached hydrogen (secondary N) is 4. The van der Waals surface area contributed by atoms with Gasteiger partial charge in [0, 0.05) is 24.3 Å². The van der Waals surface area contributed by atoms with Gasteiger partial charge in [-0.25, -0.2) is 0 Å². The predicted octanol–water partition coefficient (Wildman–Crippen LogP) is 3.88. The predicted molar refractivity (Wildman–Crippen MR) is 179 cm³/mol. The van der Waals surface area contributed by atoms with E-state index in [1.54, 1.807) is 13.8 Å². The number of fused-ring (bicyclic) bond motifs is 1. The van der Waals surface area contributed by atoms with Crippen molar-refractivity contribution >= 4 is 40.7 Å². The molecule has 3 aromatic carbocycles. The minimum atomic E-state index is -0.966. The number of carbonyl (C=O) groups excluding carboxylic acids is 5. The Morgan fingerprint density at radius 3 is 2.26 bits per heavy atom. The van der Waals surface area contributed by atoms with E-state index >= 15 is 0 Å². The largest absolute Gasteiger partial charge is 0.356 e. The van der Waals surface area contributed by atoms with Crippen molar-refractivity contribution in [3.8, 4) is 0 Å². The fourth-order valence-electron chi connectivity index (χ4n) is 6.25. The zero-order valence-corrected chi connectivity index (χ0v) is 27.2. The van der Waals surface area contributed by atoms with Crippen LogP contribution in [-0.4, -0.2) is 54.6 Å². The quantitative estimate of drug-likeness (QED) is 0.202. The number of aldehydes is 1. The van der Waals surface area contributed by atoms with Crippen LogP contribution in [-0.2, 0) is 36.8 Å². The maximum atomic E-state index is 14.0. The molecule has 1 heterocycles. The van der Waals surface area contributed by atoms with Crippen molar-refractivity contribution in [2.45, 2.75) is 77.9 Å². The Kier molecular flexibility index (Phi) is 11.7. The van der Waals surface area contributed by atoms with Crippen LogP contribution in [0.2, 0.25) is 0 Å². The molecule has 9 heteroatoms. The van der Waals surface area contributed by atoms with Crippen LogP contribution in [0.3, 0.4) is 0 Å². The molecule has 0 radical (unpaired) electrons. The van der Waals surface area contributed by atoms with E-state index in [2.05, 4.69) is 21.3 Å². The number of amides is 4. The summed E-state index contributed by atoms with van der Waals surface area (Å²) in [5.41, 5.74) is 0.851. The van der Waals surface area contributed by atoms with Gasteiger partial charge in [-0.1, -0.05) is 100 Å². The maximum absolute atomic E-state index is 14.0. The standard InChI is InChI=1S/C37H46N4O5/c1-24(2)20-30(36(46)41-32(23-42)37(3,4)29-18-11-19-38-34(29)44)40-35(45)31(39-33(43)21-25-12-6-5-7-13-25)22-27-16-10-15-26-14-8-9-17-28(26)27/h5-10,12-17,23-24,29-32H,11,18-22H2,1-4H3,(H,38,44)(H,39,43)(H,40,45)(H,41,46)/t29-,30+,31+,32-/m1/s1. The van der Waals surface area contributed by atoms with E-state index in [1.165, 1.54) is 0 Å². The van der Waals surface area contributed by atoms with Crippen LogP contribution in [0.15, 0.2) is 72.8 Å². The average Bonchev–Trinajstić information content (AvgIpc) is 3.03. The topological polar surface area (TPSA) is 133 Å². The Labute approximate surface area is 271 Å². The molecule has 0 bridgehead atoms. The first-order valence-electron chi connectivity index (χ1n) is 16.1. The Balaban J connectivity index is 1.56. The summed E-state index contributed by atoms with van der Waals surface area (Å²) in [5.74, 6) is -1.87. The zero-order valence-electron chi connectivity index (χ0n) is 27.2. The van der Waals surface area contributed by atoms with Gasteiger partial charge in [-0.05, 0) is 47.1 Å². The molecule has 46 heavy (non-hydrogen) atoms. The van der Waals surface area contributed by atoms with Gasteiger partial charge in [-0.15, -0.1) is 0 Å². The molecule has 4 amide bonds. The first kappa shape index (κ1) is 34.3. The molecule has 9 nitrogen and oxygen atoms in total. The molecule has 4 atom stereocenters. The van der Waals surface area contributed by atoms with Crippen LogP contribution >= 0.6 is 0 Å². The van der Waals surface area contributed by atoms with Crippen molar-refractivity contribution in [1.82, 2.24) is 21.3 Å². The second kappa shape index (κ2) is 15.7.